The molecule has 2 unspecified atom stereocenters. The second-order valence-corrected chi connectivity index (χ2v) is 25.3. The van der Waals surface area contributed by atoms with Crippen LogP contribution < -0.4 is 5.32 Å². The summed E-state index contributed by atoms with van der Waals surface area (Å²) in [6.45, 7) is 4.98. The summed E-state index contributed by atoms with van der Waals surface area (Å²) in [5, 5.41) is 23.2. The summed E-state index contributed by atoms with van der Waals surface area (Å²) in [6, 6.07) is -0.536. The van der Waals surface area contributed by atoms with Gasteiger partial charge in [-0.05, 0) is 51.4 Å². The van der Waals surface area contributed by atoms with Gasteiger partial charge in [-0.3, -0.25) is 9.59 Å². The first kappa shape index (κ1) is 77.6. The van der Waals surface area contributed by atoms with Crippen LogP contribution in [-0.4, -0.2) is 47.4 Å². The molecule has 470 valence electrons. The fourth-order valence-corrected chi connectivity index (χ4v) is 11.8. The summed E-state index contributed by atoms with van der Waals surface area (Å²) in [5.74, 6) is -0.00506. The predicted molar refractivity (Wildman–Crippen MR) is 347 cm³/mol. The van der Waals surface area contributed by atoms with Crippen molar-refractivity contribution in [2.75, 3.05) is 13.2 Å². The predicted octanol–water partition coefficient (Wildman–Crippen LogP) is 23.5. The average Bonchev–Trinajstić information content (AvgIpc) is 3.45. The number of amides is 1. The lowest BCUT2D eigenvalue weighted by molar-refractivity contribution is -0.143. The van der Waals surface area contributed by atoms with E-state index in [9.17, 15) is 19.8 Å². The first-order valence-corrected chi connectivity index (χ1v) is 36.4. The maximum atomic E-state index is 12.5. The lowest BCUT2D eigenvalue weighted by atomic mass is 10.0. The molecule has 0 aromatic carbocycles. The summed E-state index contributed by atoms with van der Waals surface area (Å²) in [5.41, 5.74) is 0. The normalized spacial score (nSPS) is 12.5. The van der Waals surface area contributed by atoms with Gasteiger partial charge in [0.2, 0.25) is 5.91 Å². The minimum Gasteiger partial charge on any atom is -0.466 e. The van der Waals surface area contributed by atoms with Crippen molar-refractivity contribution in [3.63, 3.8) is 0 Å². The summed E-state index contributed by atoms with van der Waals surface area (Å²) in [4.78, 5) is 24.5. The molecule has 0 aliphatic rings. The molecule has 0 rings (SSSR count). The molecule has 3 N–H and O–H groups in total. The lowest BCUT2D eigenvalue weighted by Crippen LogP contribution is -2.45. The van der Waals surface area contributed by atoms with Gasteiger partial charge in [0.25, 0.3) is 0 Å². The SMILES string of the molecule is CCCCCCCCCCCCCCCCC(=O)OCCCCCCCCCCCCCCCCCC/C=C\CCCCCCCCCCCCCCCCCCCC(=O)NC(CO)C(O)CCCCCCCCCCCCC. The van der Waals surface area contributed by atoms with Crippen LogP contribution in [0, 0.1) is 0 Å². The molecule has 0 aromatic rings. The number of hydrogen-bond donors (Lipinski definition) is 3. The van der Waals surface area contributed by atoms with Crippen LogP contribution in [0.5, 0.6) is 0 Å². The standard InChI is InChI=1S/C73H143NO5/c1-3-5-7-9-11-13-15-16-43-47-51-55-59-63-67-73(78)79-68-64-60-56-52-48-44-41-39-37-35-33-31-29-27-25-23-21-19-17-18-20-22-24-26-28-30-32-34-36-38-40-42-46-50-54-58-62-66-72(77)74-70(69-75)71(76)65-61-57-53-49-45-14-12-10-8-6-4-2/h17,19,70-71,75-76H,3-16,18,20-69H2,1-2H3,(H,74,77)/b19-17-. The Balaban J connectivity index is 3.29. The molecule has 0 saturated carbocycles. The van der Waals surface area contributed by atoms with E-state index in [-0.39, 0.29) is 18.5 Å². The first-order chi connectivity index (χ1) is 39.0. The highest BCUT2D eigenvalue weighted by atomic mass is 16.5. The molecule has 0 fully saturated rings. The number of unbranched alkanes of at least 4 members (excludes halogenated alkanes) is 56. The molecule has 0 spiro atoms. The molecule has 2 atom stereocenters. The van der Waals surface area contributed by atoms with Crippen molar-refractivity contribution in [3.8, 4) is 0 Å². The Morgan fingerprint density at radius 1 is 0.342 bits per heavy atom. The van der Waals surface area contributed by atoms with Crippen LogP contribution in [0.4, 0.5) is 0 Å². The molecule has 0 bridgehead atoms. The van der Waals surface area contributed by atoms with Crippen molar-refractivity contribution in [1.29, 1.82) is 0 Å². The number of carbonyl (C=O) groups is 2. The Labute approximate surface area is 495 Å². The smallest absolute Gasteiger partial charge is 0.305 e. The Kier molecular flexibility index (Phi) is 67.9. The van der Waals surface area contributed by atoms with Gasteiger partial charge < -0.3 is 20.3 Å². The van der Waals surface area contributed by atoms with E-state index in [0.717, 1.165) is 38.5 Å². The van der Waals surface area contributed by atoms with Gasteiger partial charge in [-0.2, -0.15) is 0 Å². The number of aliphatic hydroxyl groups excluding tert-OH is 2. The molecular formula is C73H143NO5. The summed E-state index contributed by atoms with van der Waals surface area (Å²) >= 11 is 0. The van der Waals surface area contributed by atoms with E-state index < -0.39 is 12.1 Å². The van der Waals surface area contributed by atoms with Crippen LogP contribution in [0.2, 0.25) is 0 Å². The second-order valence-electron chi connectivity index (χ2n) is 25.3. The van der Waals surface area contributed by atoms with Gasteiger partial charge in [-0.15, -0.1) is 0 Å². The summed E-state index contributed by atoms with van der Waals surface area (Å²) in [6.07, 6.45) is 85.8. The van der Waals surface area contributed by atoms with E-state index in [2.05, 4.69) is 31.3 Å². The molecule has 6 heteroatoms. The van der Waals surface area contributed by atoms with Gasteiger partial charge in [-0.25, -0.2) is 0 Å². The number of hydrogen-bond acceptors (Lipinski definition) is 5. The van der Waals surface area contributed by atoms with E-state index in [4.69, 9.17) is 4.74 Å². The summed E-state index contributed by atoms with van der Waals surface area (Å²) < 4.78 is 5.50. The highest BCUT2D eigenvalue weighted by molar-refractivity contribution is 5.76. The molecule has 0 heterocycles. The van der Waals surface area contributed by atoms with Gasteiger partial charge in [0.15, 0.2) is 0 Å². The number of aliphatic hydroxyl groups is 2. The van der Waals surface area contributed by atoms with Crippen LogP contribution in [-0.2, 0) is 14.3 Å². The molecule has 0 aliphatic carbocycles. The Bertz CT molecular complexity index is 1190. The Morgan fingerprint density at radius 2 is 0.595 bits per heavy atom. The summed E-state index contributed by atoms with van der Waals surface area (Å²) in [7, 11) is 0. The quantitative estimate of drug-likeness (QED) is 0.0320. The topological polar surface area (TPSA) is 95.9 Å². The number of carbonyl (C=O) groups excluding carboxylic acids is 2. The van der Waals surface area contributed by atoms with Gasteiger partial charge in [0, 0.05) is 12.8 Å². The molecular weight excluding hydrogens is 971 g/mol. The largest absolute Gasteiger partial charge is 0.466 e. The minimum atomic E-state index is -0.659. The fourth-order valence-electron chi connectivity index (χ4n) is 11.8. The zero-order valence-electron chi connectivity index (χ0n) is 53.9. The average molecular weight is 1110 g/mol. The Hall–Kier alpha value is -1.40. The Morgan fingerprint density at radius 3 is 0.899 bits per heavy atom. The van der Waals surface area contributed by atoms with Gasteiger partial charge in [0.1, 0.15) is 0 Å². The number of ether oxygens (including phenoxy) is 1. The number of rotatable bonds is 69. The van der Waals surface area contributed by atoms with Crippen molar-refractivity contribution < 1.29 is 24.5 Å². The first-order valence-electron chi connectivity index (χ1n) is 36.4. The monoisotopic (exact) mass is 1110 g/mol. The van der Waals surface area contributed by atoms with E-state index in [0.29, 0.717) is 25.9 Å². The van der Waals surface area contributed by atoms with Gasteiger partial charge >= 0.3 is 5.97 Å². The van der Waals surface area contributed by atoms with Crippen molar-refractivity contribution >= 4 is 11.9 Å². The molecule has 0 radical (unpaired) electrons. The second kappa shape index (κ2) is 69.1. The molecule has 0 saturated heterocycles. The van der Waals surface area contributed by atoms with E-state index >= 15 is 0 Å². The number of allylic oxidation sites excluding steroid dienone is 2. The third kappa shape index (κ3) is 65.6. The van der Waals surface area contributed by atoms with E-state index in [1.165, 1.54) is 347 Å². The van der Waals surface area contributed by atoms with Crippen LogP contribution in [0.15, 0.2) is 12.2 Å². The highest BCUT2D eigenvalue weighted by Crippen LogP contribution is 2.19. The van der Waals surface area contributed by atoms with Crippen molar-refractivity contribution in [2.24, 2.45) is 0 Å². The third-order valence-corrected chi connectivity index (χ3v) is 17.3. The zero-order chi connectivity index (χ0) is 57.1. The van der Waals surface area contributed by atoms with Crippen LogP contribution in [0.25, 0.3) is 0 Å². The maximum Gasteiger partial charge on any atom is 0.305 e. The van der Waals surface area contributed by atoms with Gasteiger partial charge in [-0.1, -0.05) is 366 Å². The number of esters is 1. The molecule has 79 heavy (non-hydrogen) atoms. The van der Waals surface area contributed by atoms with Crippen LogP contribution in [0.1, 0.15) is 418 Å². The molecule has 0 aromatic heterocycles. The van der Waals surface area contributed by atoms with Crippen molar-refractivity contribution in [3.05, 3.63) is 12.2 Å². The fraction of sp³-hybridized carbons (Fsp3) is 0.945. The molecule has 1 amide bonds. The maximum absolute atomic E-state index is 12.5. The van der Waals surface area contributed by atoms with Crippen molar-refractivity contribution in [1.82, 2.24) is 5.32 Å². The minimum absolute atomic E-state index is 0.0245. The lowest BCUT2D eigenvalue weighted by Gasteiger charge is -2.22. The molecule has 6 nitrogen and oxygen atoms in total. The van der Waals surface area contributed by atoms with Gasteiger partial charge in [0.05, 0.1) is 25.4 Å². The van der Waals surface area contributed by atoms with E-state index in [1.54, 1.807) is 0 Å². The van der Waals surface area contributed by atoms with Crippen LogP contribution >= 0.6 is 0 Å². The number of nitrogens with one attached hydrogen (secondary N) is 1. The van der Waals surface area contributed by atoms with Crippen LogP contribution in [0.3, 0.4) is 0 Å². The van der Waals surface area contributed by atoms with Crippen molar-refractivity contribution in [2.45, 2.75) is 431 Å². The third-order valence-electron chi connectivity index (χ3n) is 17.3. The van der Waals surface area contributed by atoms with E-state index in [1.807, 2.05) is 0 Å². The molecule has 0 aliphatic heterocycles. The highest BCUT2D eigenvalue weighted by Gasteiger charge is 2.20. The zero-order valence-corrected chi connectivity index (χ0v) is 53.9.